The number of hydrogen-bond donors (Lipinski definition) is 1. The van der Waals surface area contributed by atoms with Gasteiger partial charge in [-0.25, -0.2) is 9.97 Å². The first-order valence-corrected chi connectivity index (χ1v) is 5.22. The van der Waals surface area contributed by atoms with Crippen LogP contribution in [0.5, 0.6) is 5.75 Å². The predicted molar refractivity (Wildman–Crippen MR) is 61.5 cm³/mol. The fraction of sp³-hybridized carbons (Fsp3) is 0.167. The molecule has 0 atom stereocenters. The van der Waals surface area contributed by atoms with Crippen molar-refractivity contribution in [1.82, 2.24) is 9.97 Å². The zero-order valence-electron chi connectivity index (χ0n) is 8.68. The van der Waals surface area contributed by atoms with Crippen molar-refractivity contribution < 1.29 is 4.74 Å². The van der Waals surface area contributed by atoms with E-state index in [1.807, 2.05) is 30.3 Å². The number of nitrogens with zero attached hydrogens (tertiary/aromatic N) is 2. The molecule has 0 unspecified atom stereocenters. The first kappa shape index (κ1) is 9.15. The van der Waals surface area contributed by atoms with Gasteiger partial charge in [0.15, 0.2) is 17.4 Å². The minimum atomic E-state index is 0.668. The number of ether oxygens (including phenoxy) is 1. The zero-order valence-corrected chi connectivity index (χ0v) is 8.68. The molecule has 4 nitrogen and oxygen atoms in total. The van der Waals surface area contributed by atoms with Gasteiger partial charge in [-0.05, 0) is 0 Å². The summed E-state index contributed by atoms with van der Waals surface area (Å²) in [4.78, 5) is 8.72. The minimum Gasteiger partial charge on any atom is -0.486 e. The molecule has 1 aromatic carbocycles. The highest BCUT2D eigenvalue weighted by molar-refractivity contribution is 5.60. The number of aromatic nitrogens is 2. The summed E-state index contributed by atoms with van der Waals surface area (Å²) in [5.41, 5.74) is 1.01. The molecule has 0 saturated heterocycles. The van der Waals surface area contributed by atoms with Crippen molar-refractivity contribution >= 4 is 5.82 Å². The van der Waals surface area contributed by atoms with Crippen LogP contribution in [0.25, 0.3) is 11.4 Å². The number of fused-ring (bicyclic) bond motifs is 1. The standard InChI is InChI=1S/C12H11N3O/c1-2-4-9(5-3-1)11-14-8-10-12(15-11)13-6-7-16-10/h1-5,8H,6-7H2,(H,13,14,15). The lowest BCUT2D eigenvalue weighted by Gasteiger charge is -2.17. The normalized spacial score (nSPS) is 13.5. The van der Waals surface area contributed by atoms with Crippen molar-refractivity contribution in [3.05, 3.63) is 36.5 Å². The van der Waals surface area contributed by atoms with Gasteiger partial charge in [0.05, 0.1) is 12.7 Å². The lowest BCUT2D eigenvalue weighted by Crippen LogP contribution is -2.19. The highest BCUT2D eigenvalue weighted by Gasteiger charge is 2.12. The highest BCUT2D eigenvalue weighted by Crippen LogP contribution is 2.26. The van der Waals surface area contributed by atoms with Gasteiger partial charge in [0.2, 0.25) is 0 Å². The summed E-state index contributed by atoms with van der Waals surface area (Å²) < 4.78 is 5.43. The Bertz CT molecular complexity index is 499. The van der Waals surface area contributed by atoms with Crippen molar-refractivity contribution in [3.63, 3.8) is 0 Å². The van der Waals surface area contributed by atoms with Crippen LogP contribution in [-0.4, -0.2) is 23.1 Å². The van der Waals surface area contributed by atoms with E-state index in [-0.39, 0.29) is 0 Å². The van der Waals surface area contributed by atoms with E-state index in [2.05, 4.69) is 15.3 Å². The Morgan fingerprint density at radius 2 is 2.06 bits per heavy atom. The number of benzene rings is 1. The molecular formula is C12H11N3O. The molecule has 0 fully saturated rings. The largest absolute Gasteiger partial charge is 0.486 e. The Kier molecular flexibility index (Phi) is 2.18. The Balaban J connectivity index is 2.03. The third-order valence-corrected chi connectivity index (χ3v) is 2.44. The van der Waals surface area contributed by atoms with Crippen molar-refractivity contribution in [1.29, 1.82) is 0 Å². The molecule has 3 rings (SSSR count). The predicted octanol–water partition coefficient (Wildman–Crippen LogP) is 1.95. The molecule has 1 aliphatic heterocycles. The summed E-state index contributed by atoms with van der Waals surface area (Å²) in [5.74, 6) is 2.23. The minimum absolute atomic E-state index is 0.668. The monoisotopic (exact) mass is 213 g/mol. The van der Waals surface area contributed by atoms with Crippen molar-refractivity contribution in [3.8, 4) is 17.1 Å². The van der Waals surface area contributed by atoms with E-state index in [0.717, 1.165) is 29.5 Å². The maximum absolute atomic E-state index is 5.43. The zero-order chi connectivity index (χ0) is 10.8. The average Bonchev–Trinajstić information content (AvgIpc) is 2.39. The number of nitrogens with one attached hydrogen (secondary N) is 1. The maximum Gasteiger partial charge on any atom is 0.179 e. The van der Waals surface area contributed by atoms with E-state index in [0.29, 0.717) is 6.61 Å². The summed E-state index contributed by atoms with van der Waals surface area (Å²) in [6.07, 6.45) is 1.72. The van der Waals surface area contributed by atoms with Crippen LogP contribution in [-0.2, 0) is 0 Å². The van der Waals surface area contributed by atoms with Gasteiger partial charge >= 0.3 is 0 Å². The molecule has 1 aliphatic rings. The lowest BCUT2D eigenvalue weighted by atomic mass is 10.2. The van der Waals surface area contributed by atoms with Gasteiger partial charge in [-0.15, -0.1) is 0 Å². The Morgan fingerprint density at radius 3 is 2.94 bits per heavy atom. The number of hydrogen-bond acceptors (Lipinski definition) is 4. The van der Waals surface area contributed by atoms with Crippen LogP contribution in [0.4, 0.5) is 5.82 Å². The lowest BCUT2D eigenvalue weighted by molar-refractivity contribution is 0.320. The van der Waals surface area contributed by atoms with Gasteiger partial charge in [-0.1, -0.05) is 30.3 Å². The SMILES string of the molecule is c1ccc(-c2ncc3c(n2)NCCO3)cc1. The molecule has 80 valence electrons. The van der Waals surface area contributed by atoms with Gasteiger partial charge in [-0.2, -0.15) is 0 Å². The van der Waals surface area contributed by atoms with E-state index in [4.69, 9.17) is 4.74 Å². The molecule has 0 amide bonds. The van der Waals surface area contributed by atoms with Crippen molar-refractivity contribution in [2.24, 2.45) is 0 Å². The number of anilines is 1. The quantitative estimate of drug-likeness (QED) is 0.786. The molecule has 0 radical (unpaired) electrons. The molecule has 0 aliphatic carbocycles. The molecule has 0 bridgehead atoms. The summed E-state index contributed by atoms with van der Waals surface area (Å²) >= 11 is 0. The number of rotatable bonds is 1. The van der Waals surface area contributed by atoms with E-state index < -0.39 is 0 Å². The van der Waals surface area contributed by atoms with Gasteiger partial charge in [0, 0.05) is 5.56 Å². The van der Waals surface area contributed by atoms with E-state index in [9.17, 15) is 0 Å². The van der Waals surface area contributed by atoms with Crippen LogP contribution >= 0.6 is 0 Å². The van der Waals surface area contributed by atoms with Crippen LogP contribution < -0.4 is 10.1 Å². The van der Waals surface area contributed by atoms with Crippen LogP contribution in [0.2, 0.25) is 0 Å². The third-order valence-electron chi connectivity index (χ3n) is 2.44. The van der Waals surface area contributed by atoms with E-state index in [1.54, 1.807) is 6.20 Å². The molecule has 1 aromatic heterocycles. The second kappa shape index (κ2) is 3.81. The molecule has 2 heterocycles. The summed E-state index contributed by atoms with van der Waals surface area (Å²) in [6, 6.07) is 9.91. The van der Waals surface area contributed by atoms with E-state index in [1.165, 1.54) is 0 Å². The summed E-state index contributed by atoms with van der Waals surface area (Å²) in [5, 5.41) is 3.20. The van der Waals surface area contributed by atoms with E-state index >= 15 is 0 Å². The Hall–Kier alpha value is -2.10. The van der Waals surface area contributed by atoms with Crippen molar-refractivity contribution in [2.75, 3.05) is 18.5 Å². The van der Waals surface area contributed by atoms with Gasteiger partial charge in [0.25, 0.3) is 0 Å². The third kappa shape index (κ3) is 1.58. The molecule has 4 heteroatoms. The second-order valence-corrected chi connectivity index (χ2v) is 3.55. The first-order chi connectivity index (χ1) is 7.93. The molecule has 0 saturated carbocycles. The van der Waals surface area contributed by atoms with Gasteiger partial charge in [0.1, 0.15) is 6.61 Å². The fourth-order valence-electron chi connectivity index (χ4n) is 1.66. The summed E-state index contributed by atoms with van der Waals surface area (Å²) in [7, 11) is 0. The summed E-state index contributed by atoms with van der Waals surface area (Å²) in [6.45, 7) is 1.46. The maximum atomic E-state index is 5.43. The van der Waals surface area contributed by atoms with Crippen LogP contribution in [0.1, 0.15) is 0 Å². The fourth-order valence-corrected chi connectivity index (χ4v) is 1.66. The first-order valence-electron chi connectivity index (χ1n) is 5.22. The van der Waals surface area contributed by atoms with Gasteiger partial charge in [-0.3, -0.25) is 0 Å². The topological polar surface area (TPSA) is 47.0 Å². The molecule has 0 spiro atoms. The smallest absolute Gasteiger partial charge is 0.179 e. The molecule has 1 N–H and O–H groups in total. The highest BCUT2D eigenvalue weighted by atomic mass is 16.5. The second-order valence-electron chi connectivity index (χ2n) is 3.55. The van der Waals surface area contributed by atoms with Crippen LogP contribution in [0, 0.1) is 0 Å². The Morgan fingerprint density at radius 1 is 1.19 bits per heavy atom. The Labute approximate surface area is 93.3 Å². The van der Waals surface area contributed by atoms with Gasteiger partial charge < -0.3 is 10.1 Å². The van der Waals surface area contributed by atoms with Crippen LogP contribution in [0.3, 0.4) is 0 Å². The van der Waals surface area contributed by atoms with Crippen molar-refractivity contribution in [2.45, 2.75) is 0 Å². The molecule has 2 aromatic rings. The molecule has 16 heavy (non-hydrogen) atoms. The average molecular weight is 213 g/mol. The van der Waals surface area contributed by atoms with Crippen LogP contribution in [0.15, 0.2) is 36.5 Å². The molecular weight excluding hydrogens is 202 g/mol.